The van der Waals surface area contributed by atoms with E-state index >= 15 is 0 Å². The predicted octanol–water partition coefficient (Wildman–Crippen LogP) is 3.01. The lowest BCUT2D eigenvalue weighted by Gasteiger charge is -2.33. The largest absolute Gasteiger partial charge is 0.496 e. The molecule has 1 aromatic heterocycles. The molecule has 1 atom stereocenters. The second kappa shape index (κ2) is 8.53. The minimum absolute atomic E-state index is 0.00670. The van der Waals surface area contributed by atoms with Crippen LogP contribution in [0.4, 0.5) is 5.69 Å². The molecule has 33 heavy (non-hydrogen) atoms. The summed E-state index contributed by atoms with van der Waals surface area (Å²) in [5, 5.41) is 14.6. The molecule has 9 nitrogen and oxygen atoms in total. The summed E-state index contributed by atoms with van der Waals surface area (Å²) in [5.41, 5.74) is 9.43. The summed E-state index contributed by atoms with van der Waals surface area (Å²) in [6.45, 7) is 5.60. The number of ether oxygens (including phenoxy) is 1. The first kappa shape index (κ1) is 21.5. The number of rotatable bonds is 7. The molecule has 10 heteroatoms. The van der Waals surface area contributed by atoms with Gasteiger partial charge < -0.3 is 15.4 Å². The average molecular weight is 470 g/mol. The number of benzene rings is 2. The van der Waals surface area contributed by atoms with Gasteiger partial charge in [-0.05, 0) is 55.3 Å². The van der Waals surface area contributed by atoms with Crippen LogP contribution in [0.15, 0.2) is 58.2 Å². The summed E-state index contributed by atoms with van der Waals surface area (Å²) in [6.07, 6.45) is 3.23. The third-order valence-corrected chi connectivity index (χ3v) is 7.33. The number of H-pyrrole nitrogens is 1. The van der Waals surface area contributed by atoms with Crippen LogP contribution in [0.3, 0.4) is 0 Å². The van der Waals surface area contributed by atoms with E-state index in [-0.39, 0.29) is 33.9 Å². The Morgan fingerprint density at radius 2 is 2.09 bits per heavy atom. The maximum Gasteiger partial charge on any atom is 0.213 e. The number of anilines is 1. The van der Waals surface area contributed by atoms with E-state index in [1.165, 1.54) is 25.5 Å². The Balaban J connectivity index is 1.68. The fraction of sp³-hybridized carbons (Fsp3) is 0.304. The number of nitrogens with one attached hydrogen (secondary N) is 3. The van der Waals surface area contributed by atoms with Gasteiger partial charge in [-0.3, -0.25) is 10.8 Å². The second-order valence-electron chi connectivity index (χ2n) is 8.41. The molecule has 0 saturated carbocycles. The molecule has 1 aliphatic heterocycles. The molecule has 0 spiro atoms. The number of nitrogens with zero attached hydrogens (tertiary/aromatic N) is 2. The number of allylic oxidation sites excluding steroid dienone is 1. The SMILES string of the molecule is [2H]c1cc(S(=O)(=O)CC(C)C)cc(C2(N)N=CC=C(Nc3ccc4c(C)[nH]nc4c3)N2)c1OC. The maximum absolute atomic E-state index is 12.9. The number of aryl methyl sites for hydroxylation is 1. The highest BCUT2D eigenvalue weighted by atomic mass is 32.2. The van der Waals surface area contributed by atoms with E-state index in [1.54, 1.807) is 6.08 Å². The minimum atomic E-state index is -3.63. The molecule has 0 saturated heterocycles. The van der Waals surface area contributed by atoms with Crippen LogP contribution in [0.25, 0.3) is 10.9 Å². The van der Waals surface area contributed by atoms with Gasteiger partial charge in [-0.1, -0.05) is 13.8 Å². The number of aromatic amines is 1. The van der Waals surface area contributed by atoms with Crippen molar-refractivity contribution in [2.45, 2.75) is 31.5 Å². The van der Waals surface area contributed by atoms with Crippen molar-refractivity contribution in [3.63, 3.8) is 0 Å². The molecule has 0 aliphatic carbocycles. The van der Waals surface area contributed by atoms with Crippen molar-refractivity contribution in [3.05, 3.63) is 59.5 Å². The van der Waals surface area contributed by atoms with E-state index in [9.17, 15) is 8.42 Å². The van der Waals surface area contributed by atoms with Gasteiger partial charge in [0, 0.05) is 23.0 Å². The third kappa shape index (κ3) is 4.57. The molecular formula is C23H28N6O3S. The first-order chi connectivity index (χ1) is 16.0. The van der Waals surface area contributed by atoms with E-state index in [0.29, 0.717) is 5.82 Å². The van der Waals surface area contributed by atoms with Gasteiger partial charge in [0.2, 0.25) is 5.79 Å². The van der Waals surface area contributed by atoms with Gasteiger partial charge in [0.15, 0.2) is 9.84 Å². The number of hydrogen-bond donors (Lipinski definition) is 4. The lowest BCUT2D eigenvalue weighted by Crippen LogP contribution is -2.51. The number of methoxy groups -OCH3 is 1. The Morgan fingerprint density at radius 3 is 2.82 bits per heavy atom. The maximum atomic E-state index is 12.9. The van der Waals surface area contributed by atoms with Gasteiger partial charge >= 0.3 is 0 Å². The highest BCUT2D eigenvalue weighted by molar-refractivity contribution is 7.91. The summed E-state index contributed by atoms with van der Waals surface area (Å²) < 4.78 is 39.6. The van der Waals surface area contributed by atoms with E-state index in [2.05, 4.69) is 25.8 Å². The normalized spacial score (nSPS) is 18.7. The van der Waals surface area contributed by atoms with Crippen LogP contribution in [-0.4, -0.2) is 37.7 Å². The van der Waals surface area contributed by atoms with Gasteiger partial charge in [-0.15, -0.1) is 0 Å². The molecule has 0 amide bonds. The summed E-state index contributed by atoms with van der Waals surface area (Å²) in [4.78, 5) is 4.37. The number of nitrogens with two attached hydrogens (primary N) is 1. The molecule has 3 aromatic rings. The molecule has 1 unspecified atom stereocenters. The van der Waals surface area contributed by atoms with Crippen molar-refractivity contribution in [2.75, 3.05) is 18.2 Å². The smallest absolute Gasteiger partial charge is 0.213 e. The molecule has 2 aromatic carbocycles. The first-order valence-electron chi connectivity index (χ1n) is 11.0. The fourth-order valence-corrected chi connectivity index (χ4v) is 5.33. The number of aromatic nitrogens is 2. The Hall–Kier alpha value is -3.37. The number of aliphatic imine (C=N–C) groups is 1. The van der Waals surface area contributed by atoms with E-state index in [4.69, 9.17) is 11.8 Å². The molecular weight excluding hydrogens is 440 g/mol. The van der Waals surface area contributed by atoms with Crippen LogP contribution in [0, 0.1) is 12.8 Å². The summed E-state index contributed by atoms with van der Waals surface area (Å²) in [7, 11) is -2.22. The molecule has 4 rings (SSSR count). The van der Waals surface area contributed by atoms with Gasteiger partial charge in [0.1, 0.15) is 11.6 Å². The minimum Gasteiger partial charge on any atom is -0.496 e. The number of fused-ring (bicyclic) bond motifs is 1. The summed E-state index contributed by atoms with van der Waals surface area (Å²) >= 11 is 0. The van der Waals surface area contributed by atoms with E-state index < -0.39 is 15.6 Å². The predicted molar refractivity (Wildman–Crippen MR) is 130 cm³/mol. The van der Waals surface area contributed by atoms with Gasteiger partial charge in [0.05, 0.1) is 30.2 Å². The Kier molecular flexibility index (Phi) is 5.55. The van der Waals surface area contributed by atoms with E-state index in [0.717, 1.165) is 22.3 Å². The third-order valence-electron chi connectivity index (χ3n) is 5.27. The van der Waals surface area contributed by atoms with Crippen molar-refractivity contribution in [2.24, 2.45) is 16.6 Å². The van der Waals surface area contributed by atoms with Crippen molar-refractivity contribution >= 4 is 32.6 Å². The van der Waals surface area contributed by atoms with Gasteiger partial charge in [-0.25, -0.2) is 13.4 Å². The van der Waals surface area contributed by atoms with Crippen LogP contribution in [0.2, 0.25) is 0 Å². The number of hydrogen-bond acceptors (Lipinski definition) is 8. The second-order valence-corrected chi connectivity index (χ2v) is 10.4. The van der Waals surface area contributed by atoms with E-state index in [1.807, 2.05) is 39.0 Å². The fourth-order valence-electron chi connectivity index (χ4n) is 3.73. The van der Waals surface area contributed by atoms with Crippen molar-refractivity contribution < 1.29 is 14.5 Å². The summed E-state index contributed by atoms with van der Waals surface area (Å²) in [6, 6.07) is 8.40. The zero-order valence-electron chi connectivity index (χ0n) is 19.9. The van der Waals surface area contributed by atoms with Crippen LogP contribution in [-0.2, 0) is 15.6 Å². The molecule has 5 N–H and O–H groups in total. The van der Waals surface area contributed by atoms with Crippen molar-refractivity contribution in [1.82, 2.24) is 15.5 Å². The molecule has 0 bridgehead atoms. The van der Waals surface area contributed by atoms with Crippen LogP contribution >= 0.6 is 0 Å². The first-order valence-corrected chi connectivity index (χ1v) is 12.1. The van der Waals surface area contributed by atoms with Crippen molar-refractivity contribution in [1.29, 1.82) is 0 Å². The Labute approximate surface area is 194 Å². The molecule has 0 fully saturated rings. The van der Waals surface area contributed by atoms with Gasteiger partial charge in [0.25, 0.3) is 0 Å². The average Bonchev–Trinajstić information content (AvgIpc) is 3.12. The van der Waals surface area contributed by atoms with Crippen LogP contribution in [0.5, 0.6) is 5.75 Å². The Morgan fingerprint density at radius 1 is 1.30 bits per heavy atom. The van der Waals surface area contributed by atoms with Gasteiger partial charge in [-0.2, -0.15) is 5.10 Å². The zero-order chi connectivity index (χ0) is 24.7. The Bertz CT molecular complexity index is 1410. The monoisotopic (exact) mass is 469 g/mol. The molecule has 2 heterocycles. The molecule has 1 aliphatic rings. The lowest BCUT2D eigenvalue weighted by molar-refractivity contribution is 0.354. The highest BCUT2D eigenvalue weighted by Gasteiger charge is 2.33. The molecule has 174 valence electrons. The van der Waals surface area contributed by atoms with Crippen LogP contribution < -0.4 is 21.1 Å². The summed E-state index contributed by atoms with van der Waals surface area (Å²) in [5.74, 6) is -1.00. The standard InChI is InChI=1S/C23H28N6O3S/c1-14(2)13-33(30,31)17-6-8-21(32-4)19(12-17)23(24)25-10-9-22(27-23)26-16-5-7-18-15(3)28-29-20(18)11-16/h5-12,14,26-27H,13,24H2,1-4H3,(H,28,29)/i8D. The lowest BCUT2D eigenvalue weighted by atomic mass is 10.1. The number of sulfone groups is 1. The quantitative estimate of drug-likeness (QED) is 0.418. The van der Waals surface area contributed by atoms with Crippen LogP contribution in [0.1, 0.15) is 26.5 Å². The molecule has 0 radical (unpaired) electrons. The zero-order valence-corrected chi connectivity index (χ0v) is 19.7. The highest BCUT2D eigenvalue weighted by Crippen LogP contribution is 2.33. The topological polar surface area (TPSA) is 134 Å². The van der Waals surface area contributed by atoms with Crippen molar-refractivity contribution in [3.8, 4) is 5.75 Å².